The normalized spacial score (nSPS) is 10.8. The lowest BCUT2D eigenvalue weighted by molar-refractivity contribution is -0.133. The number of carboxylic acids is 1. The minimum atomic E-state index is -0.937. The standard InChI is InChI=1S/C13H13BrFN3O2S/c1-2-3-11-16-17-13(21-7-12(19)20)18(11)8-4-5-9(14)10(15)6-8/h4-6H,2-3,7H2,1H3,(H,19,20). The average molecular weight is 374 g/mol. The van der Waals surface area contributed by atoms with Crippen LogP contribution in [-0.2, 0) is 11.2 Å². The third-order valence-corrected chi connectivity index (χ3v) is 4.22. The Kier molecular flexibility index (Phi) is 5.35. The molecule has 1 aromatic carbocycles. The summed E-state index contributed by atoms with van der Waals surface area (Å²) in [4.78, 5) is 10.7. The van der Waals surface area contributed by atoms with E-state index in [1.807, 2.05) is 6.92 Å². The molecule has 0 unspecified atom stereocenters. The largest absolute Gasteiger partial charge is 0.481 e. The van der Waals surface area contributed by atoms with E-state index in [4.69, 9.17) is 5.11 Å². The van der Waals surface area contributed by atoms with Gasteiger partial charge in [-0.25, -0.2) is 4.39 Å². The van der Waals surface area contributed by atoms with Crippen molar-refractivity contribution in [3.05, 3.63) is 34.3 Å². The molecule has 0 saturated heterocycles. The van der Waals surface area contributed by atoms with Crippen molar-refractivity contribution >= 4 is 33.7 Å². The van der Waals surface area contributed by atoms with Crippen LogP contribution in [-0.4, -0.2) is 31.6 Å². The van der Waals surface area contributed by atoms with Crippen LogP contribution in [0.1, 0.15) is 19.2 Å². The molecule has 0 spiro atoms. The van der Waals surface area contributed by atoms with Gasteiger partial charge in [-0.2, -0.15) is 0 Å². The molecule has 0 aliphatic carbocycles. The molecule has 8 heteroatoms. The van der Waals surface area contributed by atoms with Crippen LogP contribution >= 0.6 is 27.7 Å². The number of carboxylic acid groups (broad SMARTS) is 1. The number of aryl methyl sites for hydroxylation is 1. The maximum Gasteiger partial charge on any atom is 0.313 e. The SMILES string of the molecule is CCCc1nnc(SCC(=O)O)n1-c1ccc(Br)c(F)c1. The van der Waals surface area contributed by atoms with Crippen LogP contribution in [0.4, 0.5) is 4.39 Å². The molecule has 112 valence electrons. The van der Waals surface area contributed by atoms with Gasteiger partial charge in [-0.3, -0.25) is 9.36 Å². The van der Waals surface area contributed by atoms with Crippen LogP contribution in [0.3, 0.4) is 0 Å². The van der Waals surface area contributed by atoms with Crippen molar-refractivity contribution < 1.29 is 14.3 Å². The van der Waals surface area contributed by atoms with E-state index in [-0.39, 0.29) is 5.75 Å². The van der Waals surface area contributed by atoms with Gasteiger partial charge in [0.15, 0.2) is 5.16 Å². The van der Waals surface area contributed by atoms with Crippen molar-refractivity contribution in [3.8, 4) is 5.69 Å². The number of thioether (sulfide) groups is 1. The highest BCUT2D eigenvalue weighted by atomic mass is 79.9. The highest BCUT2D eigenvalue weighted by Gasteiger charge is 2.16. The number of hydrogen-bond acceptors (Lipinski definition) is 4. The molecule has 0 aliphatic rings. The summed E-state index contributed by atoms with van der Waals surface area (Å²) in [5, 5.41) is 17.3. The van der Waals surface area contributed by atoms with Gasteiger partial charge in [-0.05, 0) is 40.5 Å². The van der Waals surface area contributed by atoms with Crippen molar-refractivity contribution in [1.29, 1.82) is 0 Å². The maximum absolute atomic E-state index is 13.7. The van der Waals surface area contributed by atoms with Gasteiger partial charge in [0.25, 0.3) is 0 Å². The number of benzene rings is 1. The van der Waals surface area contributed by atoms with E-state index in [1.165, 1.54) is 6.07 Å². The van der Waals surface area contributed by atoms with Gasteiger partial charge < -0.3 is 5.11 Å². The lowest BCUT2D eigenvalue weighted by Crippen LogP contribution is -2.05. The zero-order valence-electron chi connectivity index (χ0n) is 11.2. The molecule has 2 rings (SSSR count). The number of hydrogen-bond donors (Lipinski definition) is 1. The number of halogens is 2. The Hall–Kier alpha value is -1.41. The summed E-state index contributed by atoms with van der Waals surface area (Å²) < 4.78 is 15.8. The Labute approximate surface area is 133 Å². The van der Waals surface area contributed by atoms with Crippen LogP contribution < -0.4 is 0 Å². The number of aromatic nitrogens is 3. The van der Waals surface area contributed by atoms with Crippen LogP contribution in [0.25, 0.3) is 5.69 Å². The molecule has 0 bridgehead atoms. The summed E-state index contributed by atoms with van der Waals surface area (Å²) in [5.41, 5.74) is 0.581. The topological polar surface area (TPSA) is 68.0 Å². The van der Waals surface area contributed by atoms with E-state index in [9.17, 15) is 9.18 Å². The first kappa shape index (κ1) is 16.0. The van der Waals surface area contributed by atoms with E-state index in [0.717, 1.165) is 18.2 Å². The van der Waals surface area contributed by atoms with Gasteiger partial charge >= 0.3 is 5.97 Å². The van der Waals surface area contributed by atoms with Crippen molar-refractivity contribution in [2.45, 2.75) is 24.9 Å². The van der Waals surface area contributed by atoms with Crippen LogP contribution in [0, 0.1) is 5.82 Å². The molecule has 5 nitrogen and oxygen atoms in total. The van der Waals surface area contributed by atoms with E-state index in [0.29, 0.717) is 27.6 Å². The van der Waals surface area contributed by atoms with Crippen molar-refractivity contribution in [1.82, 2.24) is 14.8 Å². The second-order valence-corrected chi connectivity index (χ2v) is 6.06. The zero-order valence-corrected chi connectivity index (χ0v) is 13.6. The summed E-state index contributed by atoms with van der Waals surface area (Å²) in [5.74, 6) is -0.762. The molecule has 0 aliphatic heterocycles. The monoisotopic (exact) mass is 373 g/mol. The molecule has 21 heavy (non-hydrogen) atoms. The molecule has 0 saturated carbocycles. The second-order valence-electron chi connectivity index (χ2n) is 4.27. The molecule has 0 radical (unpaired) electrons. The van der Waals surface area contributed by atoms with E-state index >= 15 is 0 Å². The number of carbonyl (C=O) groups is 1. The maximum atomic E-state index is 13.7. The predicted molar refractivity (Wildman–Crippen MR) is 81.4 cm³/mol. The summed E-state index contributed by atoms with van der Waals surface area (Å²) in [7, 11) is 0. The Balaban J connectivity index is 2.44. The summed E-state index contributed by atoms with van der Waals surface area (Å²) in [6.45, 7) is 2.01. The van der Waals surface area contributed by atoms with Gasteiger partial charge in [-0.1, -0.05) is 18.7 Å². The fraction of sp³-hybridized carbons (Fsp3) is 0.308. The van der Waals surface area contributed by atoms with Crippen LogP contribution in [0.15, 0.2) is 27.8 Å². The van der Waals surface area contributed by atoms with Crippen molar-refractivity contribution in [2.75, 3.05) is 5.75 Å². The van der Waals surface area contributed by atoms with Gasteiger partial charge in [-0.15, -0.1) is 10.2 Å². The molecule has 0 fully saturated rings. The van der Waals surface area contributed by atoms with Crippen molar-refractivity contribution in [2.24, 2.45) is 0 Å². The Bertz CT molecular complexity index is 663. The highest BCUT2D eigenvalue weighted by Crippen LogP contribution is 2.25. The highest BCUT2D eigenvalue weighted by molar-refractivity contribution is 9.10. The summed E-state index contributed by atoms with van der Waals surface area (Å²) in [6, 6.07) is 4.71. The summed E-state index contributed by atoms with van der Waals surface area (Å²) >= 11 is 4.17. The number of aliphatic carboxylic acids is 1. The van der Waals surface area contributed by atoms with Crippen molar-refractivity contribution in [3.63, 3.8) is 0 Å². The lowest BCUT2D eigenvalue weighted by atomic mass is 10.3. The molecular formula is C13H13BrFN3O2S. The van der Waals surface area contributed by atoms with Crippen LogP contribution in [0.2, 0.25) is 0 Å². The Morgan fingerprint density at radius 3 is 2.86 bits per heavy atom. The van der Waals surface area contributed by atoms with E-state index in [1.54, 1.807) is 16.7 Å². The lowest BCUT2D eigenvalue weighted by Gasteiger charge is -2.10. The summed E-state index contributed by atoms with van der Waals surface area (Å²) in [6.07, 6.45) is 1.54. The molecule has 1 heterocycles. The quantitative estimate of drug-likeness (QED) is 0.786. The van der Waals surface area contributed by atoms with Gasteiger partial charge in [0, 0.05) is 6.42 Å². The predicted octanol–water partition coefficient (Wildman–Crippen LogP) is 3.30. The number of nitrogens with zero attached hydrogens (tertiary/aromatic N) is 3. The second kappa shape index (κ2) is 7.04. The van der Waals surface area contributed by atoms with Gasteiger partial charge in [0.2, 0.25) is 0 Å². The molecule has 1 N–H and O–H groups in total. The fourth-order valence-electron chi connectivity index (χ4n) is 1.79. The Morgan fingerprint density at radius 2 is 2.24 bits per heavy atom. The van der Waals surface area contributed by atoms with E-state index in [2.05, 4.69) is 26.1 Å². The molecule has 0 atom stereocenters. The minimum Gasteiger partial charge on any atom is -0.481 e. The molecule has 1 aromatic heterocycles. The van der Waals surface area contributed by atoms with Crippen LogP contribution in [0.5, 0.6) is 0 Å². The third-order valence-electron chi connectivity index (χ3n) is 2.66. The average Bonchev–Trinajstić information content (AvgIpc) is 2.83. The smallest absolute Gasteiger partial charge is 0.313 e. The zero-order chi connectivity index (χ0) is 15.4. The third kappa shape index (κ3) is 3.82. The first-order valence-corrected chi connectivity index (χ1v) is 8.05. The number of rotatable bonds is 6. The fourth-order valence-corrected chi connectivity index (χ4v) is 2.73. The van der Waals surface area contributed by atoms with E-state index < -0.39 is 11.8 Å². The molecule has 0 amide bonds. The van der Waals surface area contributed by atoms with Gasteiger partial charge in [0.1, 0.15) is 11.6 Å². The first-order valence-electron chi connectivity index (χ1n) is 6.27. The molecule has 2 aromatic rings. The van der Waals surface area contributed by atoms with Gasteiger partial charge in [0.05, 0.1) is 15.9 Å². The first-order chi connectivity index (χ1) is 10.0. The minimum absolute atomic E-state index is 0.122. The molecular weight excluding hydrogens is 361 g/mol. The Morgan fingerprint density at radius 1 is 1.48 bits per heavy atom.